The number of halogens is 2. The molecule has 3 aromatic heterocycles. The predicted molar refractivity (Wildman–Crippen MR) is 113 cm³/mol. The smallest absolute Gasteiger partial charge is 0.303 e. The molecule has 1 N–H and O–H groups in total. The maximum atomic E-state index is 14.0. The van der Waals surface area contributed by atoms with Crippen LogP contribution in [0.3, 0.4) is 0 Å². The van der Waals surface area contributed by atoms with Gasteiger partial charge in [-0.2, -0.15) is 8.78 Å². The van der Waals surface area contributed by atoms with Gasteiger partial charge in [-0.25, -0.2) is 19.6 Å². The Morgan fingerprint density at radius 2 is 1.94 bits per heavy atom. The van der Waals surface area contributed by atoms with Gasteiger partial charge in [0, 0.05) is 51.0 Å². The van der Waals surface area contributed by atoms with Crippen LogP contribution >= 0.6 is 0 Å². The van der Waals surface area contributed by atoms with E-state index in [4.69, 9.17) is 9.84 Å². The van der Waals surface area contributed by atoms with Gasteiger partial charge in [-0.15, -0.1) is 5.10 Å². The lowest BCUT2D eigenvalue weighted by atomic mass is 10.2. The van der Waals surface area contributed by atoms with E-state index in [0.29, 0.717) is 35.9 Å². The molecule has 2 fully saturated rings. The largest absolute Gasteiger partial charge is 0.371 e. The lowest BCUT2D eigenvalue weighted by molar-refractivity contribution is -0.114. The van der Waals surface area contributed by atoms with Crippen molar-refractivity contribution in [3.8, 4) is 5.82 Å². The van der Waals surface area contributed by atoms with Crippen LogP contribution in [0, 0.1) is 6.92 Å². The topological polar surface area (TPSA) is 98.1 Å². The Hall–Kier alpha value is -3.21. The Balaban J connectivity index is 1.67. The Kier molecular flexibility index (Phi) is 4.81. The van der Waals surface area contributed by atoms with Crippen LogP contribution in [0.2, 0.25) is 0 Å². The van der Waals surface area contributed by atoms with Crippen LogP contribution in [-0.4, -0.2) is 55.9 Å². The van der Waals surface area contributed by atoms with E-state index in [1.54, 1.807) is 25.3 Å². The van der Waals surface area contributed by atoms with Gasteiger partial charge in [0.1, 0.15) is 5.82 Å². The van der Waals surface area contributed by atoms with Crippen molar-refractivity contribution in [3.63, 3.8) is 0 Å². The highest BCUT2D eigenvalue weighted by Crippen LogP contribution is 2.35. The molecule has 1 amide bonds. The number of nitrogens with zero attached hydrogens (tertiary/aromatic N) is 6. The van der Waals surface area contributed by atoms with Gasteiger partial charge in [-0.05, 0) is 19.8 Å². The summed E-state index contributed by atoms with van der Waals surface area (Å²) in [6.07, 6.45) is 3.94. The summed E-state index contributed by atoms with van der Waals surface area (Å²) in [5.41, 5.74) is 0.998. The van der Waals surface area contributed by atoms with E-state index in [1.165, 1.54) is 11.6 Å². The van der Waals surface area contributed by atoms with E-state index in [9.17, 15) is 13.6 Å². The van der Waals surface area contributed by atoms with Gasteiger partial charge in [0.2, 0.25) is 11.7 Å². The molecule has 0 spiro atoms. The first-order valence-corrected chi connectivity index (χ1v) is 10.5. The third-order valence-corrected chi connectivity index (χ3v) is 5.64. The monoisotopic (exact) mass is 443 g/mol. The molecule has 32 heavy (non-hydrogen) atoms. The third-order valence-electron chi connectivity index (χ3n) is 5.64. The fraction of sp³-hybridized carbons (Fsp3) is 0.476. The minimum absolute atomic E-state index is 0.146. The van der Waals surface area contributed by atoms with Crippen molar-refractivity contribution in [1.29, 1.82) is 0 Å². The van der Waals surface area contributed by atoms with Crippen LogP contribution in [0.4, 0.5) is 20.4 Å². The highest BCUT2D eigenvalue weighted by Gasteiger charge is 2.36. The molecule has 0 radical (unpaired) electrons. The van der Waals surface area contributed by atoms with E-state index < -0.39 is 11.7 Å². The summed E-state index contributed by atoms with van der Waals surface area (Å²) in [5, 5.41) is 8.16. The summed E-state index contributed by atoms with van der Waals surface area (Å²) in [6, 6.07) is 3.27. The molecular weight excluding hydrogens is 420 g/mol. The number of carbonyl (C=O) groups excluding carboxylic acids is 1. The van der Waals surface area contributed by atoms with Crippen LogP contribution in [0.15, 0.2) is 18.3 Å². The highest BCUT2D eigenvalue weighted by molar-refractivity contribution is 5.95. The van der Waals surface area contributed by atoms with E-state index in [-0.39, 0.29) is 23.9 Å². The number of hydrogen-bond donors (Lipinski definition) is 1. The number of aromatic nitrogens is 5. The third kappa shape index (κ3) is 3.77. The molecule has 2 aliphatic heterocycles. The zero-order valence-corrected chi connectivity index (χ0v) is 18.0. The Morgan fingerprint density at radius 3 is 2.59 bits per heavy atom. The van der Waals surface area contributed by atoms with Gasteiger partial charge >= 0.3 is 5.92 Å². The predicted octanol–water partition coefficient (Wildman–Crippen LogP) is 2.96. The number of aryl methyl sites for hydroxylation is 1. The molecule has 0 aliphatic carbocycles. The number of amides is 1. The lowest BCUT2D eigenvalue weighted by Gasteiger charge is -2.32. The van der Waals surface area contributed by atoms with Gasteiger partial charge in [-0.3, -0.25) is 4.79 Å². The number of anilines is 2. The standard InChI is InChI=1S/C21H23F2N7O2/c1-11-6-18(27-20(25-11)21(3,22)23)30-16-7-17(26-12(2)31)24-8-15(16)19(28-30)29-9-13-4-5-14(10-29)32-13/h6-8,13-14H,4-5,9-10H2,1-3H3,(H,24,26,31)/t13-,14+. The number of alkyl halides is 2. The maximum absolute atomic E-state index is 14.0. The molecule has 11 heteroatoms. The normalized spacial score (nSPS) is 20.7. The molecule has 2 bridgehead atoms. The molecule has 2 saturated heterocycles. The van der Waals surface area contributed by atoms with E-state index in [1.807, 2.05) is 0 Å². The fourth-order valence-corrected chi connectivity index (χ4v) is 4.30. The Labute approximate surface area is 182 Å². The molecule has 9 nitrogen and oxygen atoms in total. The average Bonchev–Trinajstić information content (AvgIpc) is 3.25. The van der Waals surface area contributed by atoms with Gasteiger partial charge in [0.15, 0.2) is 11.6 Å². The summed E-state index contributed by atoms with van der Waals surface area (Å²) in [6.45, 7) is 5.17. The molecule has 2 aliphatic rings. The van der Waals surface area contributed by atoms with Crippen LogP contribution in [0.5, 0.6) is 0 Å². The van der Waals surface area contributed by atoms with E-state index >= 15 is 0 Å². The number of fused-ring (bicyclic) bond motifs is 3. The van der Waals surface area contributed by atoms with Crippen molar-refractivity contribution in [2.75, 3.05) is 23.3 Å². The van der Waals surface area contributed by atoms with Gasteiger partial charge < -0.3 is 15.0 Å². The first kappa shape index (κ1) is 20.7. The van der Waals surface area contributed by atoms with Crippen molar-refractivity contribution in [2.45, 2.75) is 51.7 Å². The van der Waals surface area contributed by atoms with Crippen LogP contribution in [-0.2, 0) is 15.5 Å². The number of morpholine rings is 1. The van der Waals surface area contributed by atoms with Crippen LogP contribution in [0.1, 0.15) is 38.2 Å². The Bertz CT molecular complexity index is 1190. The molecule has 3 aromatic rings. The van der Waals surface area contributed by atoms with Crippen LogP contribution in [0.25, 0.3) is 16.7 Å². The molecule has 0 aromatic carbocycles. The molecular formula is C21H23F2N7O2. The summed E-state index contributed by atoms with van der Waals surface area (Å²) >= 11 is 0. The zero-order chi connectivity index (χ0) is 22.6. The second-order valence-corrected chi connectivity index (χ2v) is 8.45. The number of hydrogen-bond acceptors (Lipinski definition) is 7. The zero-order valence-electron chi connectivity index (χ0n) is 18.0. The number of pyridine rings is 1. The van der Waals surface area contributed by atoms with Gasteiger partial charge in [0.25, 0.3) is 0 Å². The number of nitrogens with one attached hydrogen (secondary N) is 1. The summed E-state index contributed by atoms with van der Waals surface area (Å²) in [4.78, 5) is 26.0. The molecule has 5 rings (SSSR count). The number of rotatable bonds is 4. The van der Waals surface area contributed by atoms with E-state index in [2.05, 4.69) is 25.2 Å². The molecule has 2 atom stereocenters. The molecule has 0 unspecified atom stereocenters. The quantitative estimate of drug-likeness (QED) is 0.662. The average molecular weight is 443 g/mol. The van der Waals surface area contributed by atoms with Gasteiger partial charge in [0.05, 0.1) is 23.1 Å². The minimum Gasteiger partial charge on any atom is -0.371 e. The van der Waals surface area contributed by atoms with Crippen molar-refractivity contribution >= 4 is 28.4 Å². The second kappa shape index (κ2) is 7.44. The van der Waals surface area contributed by atoms with E-state index in [0.717, 1.165) is 25.2 Å². The SMILES string of the molecule is CC(=O)Nc1cc2c(cn1)c(N1C[C@H]3CC[C@@H](C1)O3)nn2-c1cc(C)nc(C(C)(F)F)n1. The summed E-state index contributed by atoms with van der Waals surface area (Å²) in [5.74, 6) is -2.79. The number of ether oxygens (including phenoxy) is 1. The fourth-order valence-electron chi connectivity index (χ4n) is 4.30. The molecule has 5 heterocycles. The molecule has 168 valence electrons. The first-order chi connectivity index (χ1) is 15.2. The Morgan fingerprint density at radius 1 is 1.22 bits per heavy atom. The minimum atomic E-state index is -3.20. The lowest BCUT2D eigenvalue weighted by Crippen LogP contribution is -2.43. The molecule has 0 saturated carbocycles. The van der Waals surface area contributed by atoms with Crippen molar-refractivity contribution in [1.82, 2.24) is 24.7 Å². The van der Waals surface area contributed by atoms with Crippen LogP contribution < -0.4 is 10.2 Å². The first-order valence-electron chi connectivity index (χ1n) is 10.5. The second-order valence-electron chi connectivity index (χ2n) is 8.45. The maximum Gasteiger partial charge on any atom is 0.303 e. The highest BCUT2D eigenvalue weighted by atomic mass is 19.3. The van der Waals surface area contributed by atoms with Crippen molar-refractivity contribution in [3.05, 3.63) is 29.8 Å². The summed E-state index contributed by atoms with van der Waals surface area (Å²) < 4.78 is 35.5. The number of carbonyl (C=O) groups is 1. The van der Waals surface area contributed by atoms with Crippen molar-refractivity contribution in [2.24, 2.45) is 0 Å². The van der Waals surface area contributed by atoms with Gasteiger partial charge in [-0.1, -0.05) is 0 Å². The summed E-state index contributed by atoms with van der Waals surface area (Å²) in [7, 11) is 0. The van der Waals surface area contributed by atoms with Crippen molar-refractivity contribution < 1.29 is 18.3 Å².